The molecule has 1 fully saturated rings. The van der Waals surface area contributed by atoms with Crippen molar-refractivity contribution in [2.75, 3.05) is 43.4 Å². The summed E-state index contributed by atoms with van der Waals surface area (Å²) in [6.07, 6.45) is -4.42. The van der Waals surface area contributed by atoms with Gasteiger partial charge in [0.05, 0.1) is 16.2 Å². The highest BCUT2D eigenvalue weighted by atomic mass is 32.2. The smallest absolute Gasteiger partial charge is 0.369 e. The van der Waals surface area contributed by atoms with Gasteiger partial charge in [-0.2, -0.15) is 17.5 Å². The Hall–Kier alpha value is -2.11. The van der Waals surface area contributed by atoms with Crippen LogP contribution in [0.4, 0.5) is 18.9 Å². The van der Waals surface area contributed by atoms with Crippen molar-refractivity contribution in [1.82, 2.24) is 9.62 Å². The average molecular weight is 448 g/mol. The summed E-state index contributed by atoms with van der Waals surface area (Å²) in [6.45, 7) is 0.937. The molecule has 3 rings (SSSR count). The van der Waals surface area contributed by atoms with E-state index in [4.69, 9.17) is 0 Å². The number of amides is 1. The third-order valence-corrected chi connectivity index (χ3v) is 7.30. The number of hydrogen-bond donors (Lipinski definition) is 1. The first-order valence-electron chi connectivity index (χ1n) is 8.88. The van der Waals surface area contributed by atoms with Crippen LogP contribution in [0.25, 0.3) is 0 Å². The lowest BCUT2D eigenvalue weighted by Gasteiger charge is -2.35. The van der Waals surface area contributed by atoms with E-state index in [9.17, 15) is 26.4 Å². The molecule has 1 aliphatic heterocycles. The number of nitrogens with zero attached hydrogens (tertiary/aromatic N) is 2. The lowest BCUT2D eigenvalue weighted by Crippen LogP contribution is -2.50. The number of sulfonamides is 1. The summed E-state index contributed by atoms with van der Waals surface area (Å²) in [7, 11) is -3.57. The van der Waals surface area contributed by atoms with Gasteiger partial charge in [-0.3, -0.25) is 4.79 Å². The Bertz CT molecular complexity index is 939. The molecule has 0 aliphatic carbocycles. The van der Waals surface area contributed by atoms with E-state index in [1.807, 2.05) is 0 Å². The summed E-state index contributed by atoms with van der Waals surface area (Å²) in [5.74, 6) is -0.544. The van der Waals surface area contributed by atoms with Crippen molar-refractivity contribution in [3.8, 4) is 0 Å². The van der Waals surface area contributed by atoms with Crippen LogP contribution in [0.2, 0.25) is 0 Å². The number of hydrogen-bond acceptors (Lipinski definition) is 5. The van der Waals surface area contributed by atoms with E-state index in [0.717, 1.165) is 12.1 Å². The number of benzene rings is 1. The second-order valence-corrected chi connectivity index (χ2v) is 9.52. The van der Waals surface area contributed by atoms with Gasteiger partial charge in [0.1, 0.15) is 0 Å². The Morgan fingerprint density at radius 2 is 1.83 bits per heavy atom. The summed E-state index contributed by atoms with van der Waals surface area (Å²) in [4.78, 5) is 14.1. The van der Waals surface area contributed by atoms with Crippen LogP contribution in [-0.2, 0) is 16.2 Å². The Balaban J connectivity index is 1.52. The Morgan fingerprint density at radius 3 is 2.45 bits per heavy atom. The van der Waals surface area contributed by atoms with Gasteiger partial charge < -0.3 is 10.2 Å². The largest absolute Gasteiger partial charge is 0.416 e. The van der Waals surface area contributed by atoms with Crippen molar-refractivity contribution < 1.29 is 26.4 Å². The van der Waals surface area contributed by atoms with Gasteiger partial charge >= 0.3 is 6.18 Å². The van der Waals surface area contributed by atoms with Gasteiger partial charge in [-0.25, -0.2) is 8.42 Å². The molecule has 0 unspecified atom stereocenters. The predicted octanol–water partition coefficient (Wildman–Crippen LogP) is 2.65. The zero-order valence-corrected chi connectivity index (χ0v) is 17.0. The van der Waals surface area contributed by atoms with Crippen molar-refractivity contribution >= 4 is 33.0 Å². The van der Waals surface area contributed by atoms with E-state index >= 15 is 0 Å². The molecule has 1 aromatic carbocycles. The van der Waals surface area contributed by atoms with Crippen LogP contribution in [0.3, 0.4) is 0 Å². The number of anilines is 1. The van der Waals surface area contributed by atoms with Crippen LogP contribution >= 0.6 is 11.3 Å². The second kappa shape index (κ2) is 8.72. The molecule has 0 spiro atoms. The van der Waals surface area contributed by atoms with Crippen LogP contribution in [0.15, 0.2) is 41.8 Å². The molecule has 2 aromatic rings. The maximum absolute atomic E-state index is 12.9. The second-order valence-electron chi connectivity index (χ2n) is 6.48. The molecule has 11 heteroatoms. The van der Waals surface area contributed by atoms with E-state index in [0.29, 0.717) is 23.7 Å². The molecule has 1 N–H and O–H groups in total. The number of carbonyl (C=O) groups excluding carboxylic acids is 1. The van der Waals surface area contributed by atoms with Gasteiger partial charge in [0.25, 0.3) is 5.91 Å². The van der Waals surface area contributed by atoms with Gasteiger partial charge in [-0.05, 0) is 29.6 Å². The van der Waals surface area contributed by atoms with Crippen molar-refractivity contribution in [2.45, 2.75) is 6.18 Å². The highest BCUT2D eigenvalue weighted by Gasteiger charge is 2.32. The zero-order chi connectivity index (χ0) is 21.1. The Morgan fingerprint density at radius 1 is 1.10 bits per heavy atom. The number of piperazine rings is 1. The average Bonchev–Trinajstić information content (AvgIpc) is 3.22. The van der Waals surface area contributed by atoms with Crippen molar-refractivity contribution in [1.29, 1.82) is 0 Å². The molecule has 0 atom stereocenters. The molecule has 158 valence electrons. The van der Waals surface area contributed by atoms with E-state index in [2.05, 4.69) is 5.32 Å². The van der Waals surface area contributed by atoms with Gasteiger partial charge in [-0.1, -0.05) is 12.1 Å². The molecule has 1 amide bonds. The van der Waals surface area contributed by atoms with E-state index in [1.165, 1.54) is 21.7 Å². The van der Waals surface area contributed by atoms with Gasteiger partial charge in [-0.15, -0.1) is 11.3 Å². The summed E-state index contributed by atoms with van der Waals surface area (Å²) in [5, 5.41) is 4.34. The van der Waals surface area contributed by atoms with Crippen molar-refractivity contribution in [2.24, 2.45) is 0 Å². The fourth-order valence-corrected chi connectivity index (χ4v) is 5.00. The van der Waals surface area contributed by atoms with Crippen LogP contribution in [0.5, 0.6) is 0 Å². The fraction of sp³-hybridized carbons (Fsp3) is 0.389. The quantitative estimate of drug-likeness (QED) is 0.739. The molecule has 0 radical (unpaired) electrons. The third-order valence-electron chi connectivity index (χ3n) is 4.56. The molecule has 1 saturated heterocycles. The standard InChI is InChI=1S/C18H20F3N3O3S2/c19-18(20,21)14-3-1-4-15(13-14)23-7-9-24(10-8-23)29(26,27)12-6-22-17(25)16-5-2-11-28-16/h1-5,11,13H,6-10,12H2,(H,22,25). The first-order chi connectivity index (χ1) is 13.7. The summed E-state index contributed by atoms with van der Waals surface area (Å²) >= 11 is 1.27. The Kier molecular flexibility index (Phi) is 6.49. The number of halogens is 3. The molecule has 0 bridgehead atoms. The Labute approximate surface area is 171 Å². The number of alkyl halides is 3. The lowest BCUT2D eigenvalue weighted by atomic mass is 10.1. The molecule has 1 aromatic heterocycles. The molecule has 0 saturated carbocycles. The number of carbonyl (C=O) groups is 1. The SMILES string of the molecule is O=C(NCCS(=O)(=O)N1CCN(c2cccc(C(F)(F)F)c2)CC1)c1cccs1. The van der Waals surface area contributed by atoms with E-state index < -0.39 is 21.8 Å². The first-order valence-corrected chi connectivity index (χ1v) is 11.4. The minimum atomic E-state index is -4.42. The van der Waals surface area contributed by atoms with Crippen LogP contribution in [0.1, 0.15) is 15.2 Å². The monoisotopic (exact) mass is 447 g/mol. The van der Waals surface area contributed by atoms with Crippen LogP contribution in [0, 0.1) is 0 Å². The van der Waals surface area contributed by atoms with Gasteiger partial charge in [0.15, 0.2) is 0 Å². The van der Waals surface area contributed by atoms with Crippen molar-refractivity contribution in [3.05, 3.63) is 52.2 Å². The van der Waals surface area contributed by atoms with Crippen molar-refractivity contribution in [3.63, 3.8) is 0 Å². The molecular formula is C18H20F3N3O3S2. The molecule has 1 aliphatic rings. The zero-order valence-electron chi connectivity index (χ0n) is 15.4. The maximum atomic E-state index is 12.9. The topological polar surface area (TPSA) is 69.7 Å². The predicted molar refractivity (Wildman–Crippen MR) is 106 cm³/mol. The highest BCUT2D eigenvalue weighted by molar-refractivity contribution is 7.89. The summed E-state index contributed by atoms with van der Waals surface area (Å²) < 4.78 is 64.9. The lowest BCUT2D eigenvalue weighted by molar-refractivity contribution is -0.137. The van der Waals surface area contributed by atoms with Gasteiger partial charge in [0, 0.05) is 38.4 Å². The molecular weight excluding hydrogens is 427 g/mol. The maximum Gasteiger partial charge on any atom is 0.416 e. The molecule has 29 heavy (non-hydrogen) atoms. The van der Waals surface area contributed by atoms with Crippen LogP contribution in [-0.4, -0.2) is 57.1 Å². The fourth-order valence-electron chi connectivity index (χ4n) is 3.02. The minimum absolute atomic E-state index is 0.00703. The molecule has 6 nitrogen and oxygen atoms in total. The normalized spacial score (nSPS) is 16.0. The van der Waals surface area contributed by atoms with E-state index in [1.54, 1.807) is 28.5 Å². The summed E-state index contributed by atoms with van der Waals surface area (Å²) in [5.41, 5.74) is -0.313. The first kappa shape index (κ1) is 21.6. The summed E-state index contributed by atoms with van der Waals surface area (Å²) in [6, 6.07) is 8.40. The number of thiophene rings is 1. The highest BCUT2D eigenvalue weighted by Crippen LogP contribution is 2.32. The van der Waals surface area contributed by atoms with Gasteiger partial charge in [0.2, 0.25) is 10.0 Å². The minimum Gasteiger partial charge on any atom is -0.369 e. The van der Waals surface area contributed by atoms with Crippen LogP contribution < -0.4 is 10.2 Å². The third kappa shape index (κ3) is 5.49. The molecule has 2 heterocycles. The van der Waals surface area contributed by atoms with E-state index in [-0.39, 0.29) is 31.3 Å². The number of nitrogens with one attached hydrogen (secondary N) is 1. The number of rotatable bonds is 6.